The molecule has 0 aliphatic rings. The van der Waals surface area contributed by atoms with Gasteiger partial charge in [0.05, 0.1) is 27.7 Å². The number of hydrogen-bond donors (Lipinski definition) is 2. The van der Waals surface area contributed by atoms with Gasteiger partial charge in [-0.25, -0.2) is 8.42 Å². The number of sulfonamides is 1. The zero-order valence-corrected chi connectivity index (χ0v) is 17.8. The van der Waals surface area contributed by atoms with E-state index in [1.807, 2.05) is 23.8 Å². The molecule has 0 unspecified atom stereocenters. The number of halogens is 2. The van der Waals surface area contributed by atoms with Gasteiger partial charge >= 0.3 is 0 Å². The molecule has 0 aliphatic carbocycles. The Hall–Kier alpha value is -2.06. The monoisotopic (exact) mass is 454 g/mol. The minimum atomic E-state index is -3.88. The predicted molar refractivity (Wildman–Crippen MR) is 115 cm³/mol. The van der Waals surface area contributed by atoms with E-state index in [0.29, 0.717) is 10.7 Å². The van der Waals surface area contributed by atoms with E-state index in [0.717, 1.165) is 11.1 Å². The number of thiophene rings is 1. The Balaban J connectivity index is 1.80. The van der Waals surface area contributed by atoms with Crippen molar-refractivity contribution < 1.29 is 13.2 Å². The van der Waals surface area contributed by atoms with Crippen LogP contribution in [0.5, 0.6) is 0 Å². The molecule has 2 aromatic carbocycles. The van der Waals surface area contributed by atoms with Gasteiger partial charge < -0.3 is 5.32 Å². The minimum absolute atomic E-state index is 0.0283. The highest BCUT2D eigenvalue weighted by Crippen LogP contribution is 2.28. The largest absolute Gasteiger partial charge is 0.324 e. The van der Waals surface area contributed by atoms with E-state index in [4.69, 9.17) is 23.2 Å². The van der Waals surface area contributed by atoms with Crippen molar-refractivity contribution in [3.63, 3.8) is 0 Å². The lowest BCUT2D eigenvalue weighted by Gasteiger charge is -2.12. The second kappa shape index (κ2) is 8.53. The number of nitrogens with one attached hydrogen (secondary N) is 2. The van der Waals surface area contributed by atoms with Crippen LogP contribution >= 0.6 is 34.5 Å². The van der Waals surface area contributed by atoms with Gasteiger partial charge in [0.2, 0.25) is 5.91 Å². The van der Waals surface area contributed by atoms with Crippen LogP contribution in [-0.4, -0.2) is 14.3 Å². The lowest BCUT2D eigenvalue weighted by atomic mass is 10.2. The molecule has 0 saturated heterocycles. The average molecular weight is 455 g/mol. The van der Waals surface area contributed by atoms with Crippen LogP contribution in [0.15, 0.2) is 58.1 Å². The Bertz CT molecular complexity index is 1110. The van der Waals surface area contributed by atoms with Crippen molar-refractivity contribution >= 4 is 61.8 Å². The van der Waals surface area contributed by atoms with E-state index < -0.39 is 10.0 Å². The summed E-state index contributed by atoms with van der Waals surface area (Å²) in [5.74, 6) is -0.284. The Morgan fingerprint density at radius 3 is 2.54 bits per heavy atom. The van der Waals surface area contributed by atoms with Crippen molar-refractivity contribution in [2.45, 2.75) is 18.2 Å². The van der Waals surface area contributed by atoms with Gasteiger partial charge in [-0.3, -0.25) is 9.52 Å². The summed E-state index contributed by atoms with van der Waals surface area (Å²) in [6.07, 6.45) is 0.178. The van der Waals surface area contributed by atoms with E-state index in [1.165, 1.54) is 35.6 Å². The third-order valence-electron chi connectivity index (χ3n) is 3.89. The molecule has 0 spiro atoms. The second-order valence-corrected chi connectivity index (χ2v) is 9.34. The summed E-state index contributed by atoms with van der Waals surface area (Å²) in [5, 5.41) is 7.12. The van der Waals surface area contributed by atoms with Crippen molar-refractivity contribution in [1.29, 1.82) is 0 Å². The van der Waals surface area contributed by atoms with Crippen LogP contribution in [0.25, 0.3) is 0 Å². The topological polar surface area (TPSA) is 75.3 Å². The standard InChI is InChI=1S/C19H16Cl2N2O3S2/c1-12-2-3-14(9-17(12)21)23-28(25,26)15-4-5-16(20)18(10-15)22-19(24)8-13-6-7-27-11-13/h2-7,9-11,23H,8H2,1H3,(H,22,24). The molecular weight excluding hydrogens is 439 g/mol. The molecule has 3 aromatic rings. The second-order valence-electron chi connectivity index (χ2n) is 6.07. The maximum absolute atomic E-state index is 12.7. The van der Waals surface area contributed by atoms with Crippen molar-refractivity contribution in [1.82, 2.24) is 0 Å². The molecule has 28 heavy (non-hydrogen) atoms. The molecule has 0 atom stereocenters. The molecule has 1 aromatic heterocycles. The lowest BCUT2D eigenvalue weighted by Crippen LogP contribution is -2.16. The molecular formula is C19H16Cl2N2O3S2. The maximum Gasteiger partial charge on any atom is 0.261 e. The molecule has 0 fully saturated rings. The first-order valence-corrected chi connectivity index (χ1v) is 11.3. The molecule has 0 aliphatic heterocycles. The first-order chi connectivity index (χ1) is 13.2. The smallest absolute Gasteiger partial charge is 0.261 e. The van der Waals surface area contributed by atoms with E-state index in [2.05, 4.69) is 10.0 Å². The molecule has 1 heterocycles. The van der Waals surface area contributed by atoms with Crippen LogP contribution < -0.4 is 10.0 Å². The molecule has 0 bridgehead atoms. The third-order valence-corrected chi connectivity index (χ3v) is 6.74. The van der Waals surface area contributed by atoms with Gasteiger partial charge in [-0.2, -0.15) is 11.3 Å². The van der Waals surface area contributed by atoms with Gasteiger partial charge in [0.15, 0.2) is 0 Å². The molecule has 5 nitrogen and oxygen atoms in total. The van der Waals surface area contributed by atoms with Crippen molar-refractivity contribution in [2.75, 3.05) is 10.0 Å². The molecule has 1 amide bonds. The Kier molecular flexibility index (Phi) is 6.30. The van der Waals surface area contributed by atoms with E-state index >= 15 is 0 Å². The normalized spacial score (nSPS) is 11.2. The summed E-state index contributed by atoms with van der Waals surface area (Å²) in [7, 11) is -3.88. The SMILES string of the molecule is Cc1ccc(NS(=O)(=O)c2ccc(Cl)c(NC(=O)Cc3ccsc3)c2)cc1Cl. The van der Waals surface area contributed by atoms with Gasteiger partial charge in [0.1, 0.15) is 0 Å². The van der Waals surface area contributed by atoms with Crippen LogP contribution in [0, 0.1) is 6.92 Å². The van der Waals surface area contributed by atoms with Crippen LogP contribution in [0.1, 0.15) is 11.1 Å². The summed E-state index contributed by atoms with van der Waals surface area (Å²) in [5.41, 5.74) is 2.28. The van der Waals surface area contributed by atoms with E-state index in [1.54, 1.807) is 12.1 Å². The quantitative estimate of drug-likeness (QED) is 0.527. The average Bonchev–Trinajstić information content (AvgIpc) is 3.12. The highest BCUT2D eigenvalue weighted by Gasteiger charge is 2.17. The van der Waals surface area contributed by atoms with Crippen molar-refractivity contribution in [3.05, 3.63) is 74.4 Å². The van der Waals surface area contributed by atoms with Crippen molar-refractivity contribution in [3.8, 4) is 0 Å². The summed E-state index contributed by atoms with van der Waals surface area (Å²) in [6.45, 7) is 1.82. The number of hydrogen-bond acceptors (Lipinski definition) is 4. The molecule has 0 saturated carbocycles. The molecule has 0 radical (unpaired) electrons. The molecule has 9 heteroatoms. The first-order valence-electron chi connectivity index (χ1n) is 8.14. The van der Waals surface area contributed by atoms with Gasteiger partial charge in [0, 0.05) is 5.02 Å². The zero-order valence-electron chi connectivity index (χ0n) is 14.7. The Morgan fingerprint density at radius 2 is 1.86 bits per heavy atom. The summed E-state index contributed by atoms with van der Waals surface area (Å²) >= 11 is 13.7. The maximum atomic E-state index is 12.7. The van der Waals surface area contributed by atoms with Crippen LogP contribution in [-0.2, 0) is 21.2 Å². The van der Waals surface area contributed by atoms with Crippen LogP contribution in [0.3, 0.4) is 0 Å². The fourth-order valence-electron chi connectivity index (χ4n) is 2.41. The fourth-order valence-corrected chi connectivity index (χ4v) is 4.50. The summed E-state index contributed by atoms with van der Waals surface area (Å²) in [4.78, 5) is 12.2. The number of benzene rings is 2. The summed E-state index contributed by atoms with van der Waals surface area (Å²) in [6, 6.07) is 10.9. The van der Waals surface area contributed by atoms with Crippen LogP contribution in [0.4, 0.5) is 11.4 Å². The van der Waals surface area contributed by atoms with Gasteiger partial charge in [-0.15, -0.1) is 0 Å². The number of anilines is 2. The van der Waals surface area contributed by atoms with Gasteiger partial charge in [-0.1, -0.05) is 29.3 Å². The van der Waals surface area contributed by atoms with E-state index in [-0.39, 0.29) is 27.9 Å². The van der Waals surface area contributed by atoms with Crippen molar-refractivity contribution in [2.24, 2.45) is 0 Å². The lowest BCUT2D eigenvalue weighted by molar-refractivity contribution is -0.115. The fraction of sp³-hybridized carbons (Fsp3) is 0.105. The predicted octanol–water partition coefficient (Wildman–Crippen LogP) is 5.35. The number of carbonyl (C=O) groups excluding carboxylic acids is 1. The number of rotatable bonds is 6. The number of aryl methyl sites for hydroxylation is 1. The Morgan fingerprint density at radius 1 is 1.07 bits per heavy atom. The number of carbonyl (C=O) groups is 1. The third kappa shape index (κ3) is 5.05. The highest BCUT2D eigenvalue weighted by atomic mass is 35.5. The highest BCUT2D eigenvalue weighted by molar-refractivity contribution is 7.92. The summed E-state index contributed by atoms with van der Waals surface area (Å²) < 4.78 is 27.9. The van der Waals surface area contributed by atoms with E-state index in [9.17, 15) is 13.2 Å². The minimum Gasteiger partial charge on any atom is -0.324 e. The molecule has 2 N–H and O–H groups in total. The van der Waals surface area contributed by atoms with Gasteiger partial charge in [0.25, 0.3) is 10.0 Å². The zero-order chi connectivity index (χ0) is 20.3. The molecule has 146 valence electrons. The molecule has 3 rings (SSSR count). The first kappa shape index (κ1) is 20.7. The number of amides is 1. The van der Waals surface area contributed by atoms with Crippen LogP contribution in [0.2, 0.25) is 10.0 Å². The Labute approximate surface area is 177 Å². The van der Waals surface area contributed by atoms with Gasteiger partial charge in [-0.05, 0) is 65.2 Å².